The molecule has 0 unspecified atom stereocenters. The van der Waals surface area contributed by atoms with Gasteiger partial charge in [0.15, 0.2) is 0 Å². The molecule has 3 heterocycles. The van der Waals surface area contributed by atoms with Crippen LogP contribution in [0.1, 0.15) is 25.7 Å². The molecular formula is C15H22N4O2. The molecule has 6 nitrogen and oxygen atoms in total. The lowest BCUT2D eigenvalue weighted by atomic mass is 9.97. The van der Waals surface area contributed by atoms with Crippen LogP contribution in [0.2, 0.25) is 0 Å². The standard InChI is InChI=1S/C15H22N4O2/c1-21-15(20)12-4-8-19(9-5-12)14-10-13(16-11-17-14)18-6-2-3-7-18/h10-12H,2-9H2,1H3. The van der Waals surface area contributed by atoms with Gasteiger partial charge in [-0.15, -0.1) is 0 Å². The van der Waals surface area contributed by atoms with E-state index >= 15 is 0 Å². The molecule has 1 aromatic rings. The molecule has 1 aromatic heterocycles. The van der Waals surface area contributed by atoms with Gasteiger partial charge in [-0.25, -0.2) is 9.97 Å². The Morgan fingerprint density at radius 2 is 1.67 bits per heavy atom. The van der Waals surface area contributed by atoms with Crippen molar-refractivity contribution in [2.45, 2.75) is 25.7 Å². The normalized spacial score (nSPS) is 19.9. The lowest BCUT2D eigenvalue weighted by Gasteiger charge is -2.31. The van der Waals surface area contributed by atoms with Gasteiger partial charge in [-0.05, 0) is 25.7 Å². The summed E-state index contributed by atoms with van der Waals surface area (Å²) >= 11 is 0. The van der Waals surface area contributed by atoms with Gasteiger partial charge in [0, 0.05) is 32.2 Å². The molecule has 6 heteroatoms. The van der Waals surface area contributed by atoms with Crippen LogP contribution in [-0.2, 0) is 9.53 Å². The molecule has 21 heavy (non-hydrogen) atoms. The third-order valence-corrected chi connectivity index (χ3v) is 4.42. The molecule has 0 amide bonds. The van der Waals surface area contributed by atoms with Gasteiger partial charge in [-0.2, -0.15) is 0 Å². The number of nitrogens with zero attached hydrogens (tertiary/aromatic N) is 4. The van der Waals surface area contributed by atoms with Crippen LogP contribution in [0, 0.1) is 5.92 Å². The topological polar surface area (TPSA) is 58.6 Å². The maximum Gasteiger partial charge on any atom is 0.308 e. The first kappa shape index (κ1) is 14.1. The van der Waals surface area contributed by atoms with E-state index in [-0.39, 0.29) is 11.9 Å². The number of hydrogen-bond donors (Lipinski definition) is 0. The van der Waals surface area contributed by atoms with Crippen LogP contribution >= 0.6 is 0 Å². The summed E-state index contributed by atoms with van der Waals surface area (Å²) in [4.78, 5) is 24.9. The van der Waals surface area contributed by atoms with Crippen LogP contribution in [0.5, 0.6) is 0 Å². The highest BCUT2D eigenvalue weighted by atomic mass is 16.5. The van der Waals surface area contributed by atoms with Gasteiger partial charge in [0.25, 0.3) is 0 Å². The second-order valence-corrected chi connectivity index (χ2v) is 5.71. The fourth-order valence-corrected chi connectivity index (χ4v) is 3.14. The largest absolute Gasteiger partial charge is 0.469 e. The number of piperidine rings is 1. The molecule has 3 rings (SSSR count). The molecule has 0 atom stereocenters. The molecule has 114 valence electrons. The summed E-state index contributed by atoms with van der Waals surface area (Å²) < 4.78 is 4.83. The van der Waals surface area contributed by atoms with Crippen molar-refractivity contribution in [1.82, 2.24) is 9.97 Å². The van der Waals surface area contributed by atoms with Crippen molar-refractivity contribution in [2.24, 2.45) is 5.92 Å². The molecule has 0 aromatic carbocycles. The first-order valence-electron chi connectivity index (χ1n) is 7.67. The lowest BCUT2D eigenvalue weighted by Crippen LogP contribution is -2.37. The van der Waals surface area contributed by atoms with Crippen molar-refractivity contribution in [2.75, 3.05) is 43.1 Å². The zero-order valence-electron chi connectivity index (χ0n) is 12.5. The minimum Gasteiger partial charge on any atom is -0.469 e. The fraction of sp³-hybridized carbons (Fsp3) is 0.667. The van der Waals surface area contributed by atoms with Crippen molar-refractivity contribution in [3.63, 3.8) is 0 Å². The summed E-state index contributed by atoms with van der Waals surface area (Å²) in [5.41, 5.74) is 0. The van der Waals surface area contributed by atoms with Gasteiger partial charge < -0.3 is 14.5 Å². The van der Waals surface area contributed by atoms with Crippen molar-refractivity contribution < 1.29 is 9.53 Å². The Balaban J connectivity index is 1.65. The van der Waals surface area contributed by atoms with E-state index in [2.05, 4.69) is 25.8 Å². The van der Waals surface area contributed by atoms with Crippen molar-refractivity contribution in [3.8, 4) is 0 Å². The van der Waals surface area contributed by atoms with Gasteiger partial charge in [-0.3, -0.25) is 4.79 Å². The number of hydrogen-bond acceptors (Lipinski definition) is 6. The molecule has 0 radical (unpaired) electrons. The van der Waals surface area contributed by atoms with E-state index in [1.165, 1.54) is 20.0 Å². The third-order valence-electron chi connectivity index (χ3n) is 4.42. The van der Waals surface area contributed by atoms with E-state index in [1.807, 2.05) is 0 Å². The number of anilines is 2. The minimum absolute atomic E-state index is 0.0335. The van der Waals surface area contributed by atoms with Gasteiger partial charge in [0.1, 0.15) is 18.0 Å². The van der Waals surface area contributed by atoms with Gasteiger partial charge in [-0.1, -0.05) is 0 Å². The second-order valence-electron chi connectivity index (χ2n) is 5.71. The maximum absolute atomic E-state index is 11.6. The van der Waals surface area contributed by atoms with Crippen LogP contribution in [0.25, 0.3) is 0 Å². The summed E-state index contributed by atoms with van der Waals surface area (Å²) in [6.07, 6.45) is 5.79. The van der Waals surface area contributed by atoms with Gasteiger partial charge >= 0.3 is 5.97 Å². The maximum atomic E-state index is 11.6. The smallest absolute Gasteiger partial charge is 0.308 e. The van der Waals surface area contributed by atoms with Crippen LogP contribution < -0.4 is 9.80 Å². The highest BCUT2D eigenvalue weighted by molar-refractivity contribution is 5.72. The number of esters is 1. The monoisotopic (exact) mass is 290 g/mol. The third kappa shape index (κ3) is 3.09. The molecule has 0 spiro atoms. The van der Waals surface area contributed by atoms with Crippen LogP contribution in [0.15, 0.2) is 12.4 Å². The van der Waals surface area contributed by atoms with E-state index < -0.39 is 0 Å². The summed E-state index contributed by atoms with van der Waals surface area (Å²) in [6.45, 7) is 3.86. The zero-order valence-corrected chi connectivity index (χ0v) is 12.5. The summed E-state index contributed by atoms with van der Waals surface area (Å²) in [6, 6.07) is 2.07. The molecule has 0 saturated carbocycles. The molecule has 2 aliphatic heterocycles. The molecule has 2 saturated heterocycles. The van der Waals surface area contributed by atoms with Crippen molar-refractivity contribution >= 4 is 17.6 Å². The molecule has 0 N–H and O–H groups in total. The lowest BCUT2D eigenvalue weighted by molar-refractivity contribution is -0.146. The van der Waals surface area contributed by atoms with Crippen molar-refractivity contribution in [3.05, 3.63) is 12.4 Å². The second kappa shape index (κ2) is 6.28. The highest BCUT2D eigenvalue weighted by Crippen LogP contribution is 2.25. The van der Waals surface area contributed by atoms with Crippen molar-refractivity contribution in [1.29, 1.82) is 0 Å². The predicted octanol–water partition coefficient (Wildman–Crippen LogP) is 1.47. The Kier molecular flexibility index (Phi) is 4.22. The predicted molar refractivity (Wildman–Crippen MR) is 80.4 cm³/mol. The quantitative estimate of drug-likeness (QED) is 0.786. The average molecular weight is 290 g/mol. The minimum atomic E-state index is -0.0879. The van der Waals surface area contributed by atoms with Crippen LogP contribution in [0.4, 0.5) is 11.6 Å². The first-order chi connectivity index (χ1) is 10.3. The number of aromatic nitrogens is 2. The molecule has 2 aliphatic rings. The molecular weight excluding hydrogens is 268 g/mol. The number of rotatable bonds is 3. The van der Waals surface area contributed by atoms with E-state index in [0.29, 0.717) is 0 Å². The average Bonchev–Trinajstić information content (AvgIpc) is 3.09. The molecule has 2 fully saturated rings. The first-order valence-corrected chi connectivity index (χ1v) is 7.67. The van der Waals surface area contributed by atoms with E-state index in [1.54, 1.807) is 6.33 Å². The van der Waals surface area contributed by atoms with E-state index in [9.17, 15) is 4.79 Å². The number of carbonyl (C=O) groups excluding carboxylic acids is 1. The summed E-state index contributed by atoms with van der Waals surface area (Å²) in [5.74, 6) is 1.93. The Bertz CT molecular complexity index is 494. The van der Waals surface area contributed by atoms with E-state index in [0.717, 1.165) is 50.7 Å². The highest BCUT2D eigenvalue weighted by Gasteiger charge is 2.26. The Morgan fingerprint density at radius 1 is 1.10 bits per heavy atom. The van der Waals surface area contributed by atoms with Gasteiger partial charge in [0.05, 0.1) is 13.0 Å². The SMILES string of the molecule is COC(=O)C1CCN(c2cc(N3CCCC3)ncn2)CC1. The molecule has 0 bridgehead atoms. The zero-order chi connectivity index (χ0) is 14.7. The fourth-order valence-electron chi connectivity index (χ4n) is 3.14. The number of carbonyl (C=O) groups is 1. The van der Waals surface area contributed by atoms with Gasteiger partial charge in [0.2, 0.25) is 0 Å². The Morgan fingerprint density at radius 3 is 2.24 bits per heavy atom. The van der Waals surface area contributed by atoms with Crippen LogP contribution in [0.3, 0.4) is 0 Å². The Labute approximate surface area is 125 Å². The Hall–Kier alpha value is -1.85. The van der Waals surface area contributed by atoms with E-state index in [4.69, 9.17) is 4.74 Å². The number of ether oxygens (including phenoxy) is 1. The molecule has 0 aliphatic carbocycles. The summed E-state index contributed by atoms with van der Waals surface area (Å²) in [7, 11) is 1.46. The summed E-state index contributed by atoms with van der Waals surface area (Å²) in [5, 5.41) is 0. The number of methoxy groups -OCH3 is 1. The van der Waals surface area contributed by atoms with Crippen LogP contribution in [-0.4, -0.2) is 49.2 Å².